The molecule has 80 valence electrons. The summed E-state index contributed by atoms with van der Waals surface area (Å²) in [7, 11) is 0. The Labute approximate surface area is 82.4 Å². The molecule has 1 amide bonds. The van der Waals surface area contributed by atoms with Crippen molar-refractivity contribution in [2.75, 3.05) is 0 Å². The number of carbonyl (C=O) groups excluding carboxylic acids is 1. The summed E-state index contributed by atoms with van der Waals surface area (Å²) in [4.78, 5) is 21.9. The molecule has 5 nitrogen and oxygen atoms in total. The van der Waals surface area contributed by atoms with Gasteiger partial charge in [-0.15, -0.1) is 0 Å². The van der Waals surface area contributed by atoms with E-state index in [0.717, 1.165) is 6.42 Å². The van der Waals surface area contributed by atoms with Crippen molar-refractivity contribution in [1.82, 2.24) is 5.32 Å². The van der Waals surface area contributed by atoms with Gasteiger partial charge in [0.05, 0.1) is 6.10 Å². The molecule has 0 aliphatic carbocycles. The van der Waals surface area contributed by atoms with Crippen LogP contribution in [0, 0.1) is 0 Å². The van der Waals surface area contributed by atoms with Gasteiger partial charge in [-0.25, -0.2) is 0 Å². The number of ether oxygens (including phenoxy) is 1. The molecule has 1 heterocycles. The van der Waals surface area contributed by atoms with Gasteiger partial charge in [-0.2, -0.15) is 0 Å². The van der Waals surface area contributed by atoms with Crippen LogP contribution in [-0.4, -0.2) is 35.2 Å². The van der Waals surface area contributed by atoms with E-state index >= 15 is 0 Å². The van der Waals surface area contributed by atoms with Crippen molar-refractivity contribution in [2.45, 2.75) is 44.9 Å². The zero-order valence-electron chi connectivity index (χ0n) is 8.32. The summed E-state index contributed by atoms with van der Waals surface area (Å²) < 4.78 is 5.30. The van der Waals surface area contributed by atoms with E-state index in [1.807, 2.05) is 6.92 Å². The molecule has 0 aromatic carbocycles. The summed E-state index contributed by atoms with van der Waals surface area (Å²) in [6, 6.07) is -0.859. The molecular weight excluding hydrogens is 186 g/mol. The largest absolute Gasteiger partial charge is 0.480 e. The molecule has 5 heteroatoms. The first-order chi connectivity index (χ1) is 6.50. The van der Waals surface area contributed by atoms with Crippen LogP contribution in [0.5, 0.6) is 0 Å². The van der Waals surface area contributed by atoms with Crippen molar-refractivity contribution < 1.29 is 19.4 Å². The number of hydrogen-bond donors (Lipinski definition) is 2. The zero-order chi connectivity index (χ0) is 10.7. The van der Waals surface area contributed by atoms with E-state index < -0.39 is 18.1 Å². The number of carboxylic acid groups (broad SMARTS) is 1. The van der Waals surface area contributed by atoms with Gasteiger partial charge in [0.1, 0.15) is 12.1 Å². The first kappa shape index (κ1) is 11.0. The van der Waals surface area contributed by atoms with Crippen LogP contribution >= 0.6 is 0 Å². The molecule has 2 N–H and O–H groups in total. The second-order valence-corrected chi connectivity index (χ2v) is 3.58. The van der Waals surface area contributed by atoms with E-state index in [-0.39, 0.29) is 12.0 Å². The summed E-state index contributed by atoms with van der Waals surface area (Å²) >= 11 is 0. The molecular formula is C9H15NO4. The Morgan fingerprint density at radius 2 is 2.14 bits per heavy atom. The predicted octanol–water partition coefficient (Wildman–Crippen LogP) is 0.143. The molecule has 0 saturated carbocycles. The van der Waals surface area contributed by atoms with Crippen molar-refractivity contribution in [3.63, 3.8) is 0 Å². The van der Waals surface area contributed by atoms with E-state index in [0.29, 0.717) is 6.42 Å². The fourth-order valence-corrected chi connectivity index (χ4v) is 1.36. The van der Waals surface area contributed by atoms with Crippen LogP contribution in [0.25, 0.3) is 0 Å². The second kappa shape index (κ2) is 4.41. The zero-order valence-corrected chi connectivity index (χ0v) is 8.32. The minimum atomic E-state index is -1.04. The van der Waals surface area contributed by atoms with Gasteiger partial charge in [0.2, 0.25) is 5.91 Å². The summed E-state index contributed by atoms with van der Waals surface area (Å²) in [5.74, 6) is -1.37. The highest BCUT2D eigenvalue weighted by molar-refractivity contribution is 5.86. The highest BCUT2D eigenvalue weighted by Crippen LogP contribution is 2.18. The van der Waals surface area contributed by atoms with Crippen LogP contribution in [0.3, 0.4) is 0 Å². The molecule has 1 aliphatic heterocycles. The van der Waals surface area contributed by atoms with E-state index in [2.05, 4.69) is 5.32 Å². The number of aliphatic carboxylic acids is 1. The standard InChI is InChI=1S/C9H15NO4/c1-5-3-4-7(14-5)8(11)10-6(2)9(12)13/h5-7H,3-4H2,1-2H3,(H,10,11)(H,12,13)/t5?,6-,7?/m0/s1. The summed E-state index contributed by atoms with van der Waals surface area (Å²) in [5, 5.41) is 10.9. The van der Waals surface area contributed by atoms with Gasteiger partial charge in [-0.1, -0.05) is 0 Å². The Morgan fingerprint density at radius 3 is 2.57 bits per heavy atom. The average Bonchev–Trinajstić information content (AvgIpc) is 2.51. The topological polar surface area (TPSA) is 75.6 Å². The van der Waals surface area contributed by atoms with Gasteiger partial charge < -0.3 is 15.2 Å². The normalized spacial score (nSPS) is 28.4. The Hall–Kier alpha value is -1.10. The lowest BCUT2D eigenvalue weighted by molar-refractivity contribution is -0.143. The van der Waals surface area contributed by atoms with Gasteiger partial charge >= 0.3 is 5.97 Å². The van der Waals surface area contributed by atoms with E-state index in [4.69, 9.17) is 9.84 Å². The molecule has 0 radical (unpaired) electrons. The van der Waals surface area contributed by atoms with Gasteiger partial charge in [0.25, 0.3) is 0 Å². The number of carbonyl (C=O) groups is 2. The lowest BCUT2D eigenvalue weighted by Gasteiger charge is -2.14. The van der Waals surface area contributed by atoms with Gasteiger partial charge in [-0.05, 0) is 26.7 Å². The number of rotatable bonds is 3. The minimum absolute atomic E-state index is 0.0888. The molecule has 0 spiro atoms. The van der Waals surface area contributed by atoms with E-state index in [1.165, 1.54) is 6.92 Å². The lowest BCUT2D eigenvalue weighted by Crippen LogP contribution is -2.43. The smallest absolute Gasteiger partial charge is 0.325 e. The third-order valence-corrected chi connectivity index (χ3v) is 2.25. The fourth-order valence-electron chi connectivity index (χ4n) is 1.36. The summed E-state index contributed by atoms with van der Waals surface area (Å²) in [6.45, 7) is 3.33. The first-order valence-electron chi connectivity index (χ1n) is 4.69. The maximum absolute atomic E-state index is 11.4. The third-order valence-electron chi connectivity index (χ3n) is 2.25. The number of hydrogen-bond acceptors (Lipinski definition) is 3. The van der Waals surface area contributed by atoms with Crippen LogP contribution in [0.1, 0.15) is 26.7 Å². The fraction of sp³-hybridized carbons (Fsp3) is 0.778. The summed E-state index contributed by atoms with van der Waals surface area (Å²) in [5.41, 5.74) is 0. The Balaban J connectivity index is 2.39. The van der Waals surface area contributed by atoms with E-state index in [1.54, 1.807) is 0 Å². The SMILES string of the molecule is CC1CCC(C(=O)N[C@@H](C)C(=O)O)O1. The van der Waals surface area contributed by atoms with Crippen LogP contribution < -0.4 is 5.32 Å². The Morgan fingerprint density at radius 1 is 1.50 bits per heavy atom. The highest BCUT2D eigenvalue weighted by atomic mass is 16.5. The minimum Gasteiger partial charge on any atom is -0.480 e. The van der Waals surface area contributed by atoms with Crippen molar-refractivity contribution in [1.29, 1.82) is 0 Å². The maximum atomic E-state index is 11.4. The molecule has 3 atom stereocenters. The molecule has 1 fully saturated rings. The van der Waals surface area contributed by atoms with Gasteiger partial charge in [0, 0.05) is 0 Å². The van der Waals surface area contributed by atoms with Crippen molar-refractivity contribution >= 4 is 11.9 Å². The van der Waals surface area contributed by atoms with Crippen molar-refractivity contribution in [2.24, 2.45) is 0 Å². The molecule has 0 bridgehead atoms. The first-order valence-corrected chi connectivity index (χ1v) is 4.69. The van der Waals surface area contributed by atoms with Crippen LogP contribution in [0.2, 0.25) is 0 Å². The maximum Gasteiger partial charge on any atom is 0.325 e. The number of amides is 1. The van der Waals surface area contributed by atoms with Crippen LogP contribution in [0.15, 0.2) is 0 Å². The molecule has 2 unspecified atom stereocenters. The predicted molar refractivity (Wildman–Crippen MR) is 48.8 cm³/mol. The Bertz CT molecular complexity index is 241. The molecule has 1 rings (SSSR count). The third kappa shape index (κ3) is 2.70. The second-order valence-electron chi connectivity index (χ2n) is 3.58. The van der Waals surface area contributed by atoms with Crippen LogP contribution in [0.4, 0.5) is 0 Å². The summed E-state index contributed by atoms with van der Waals surface area (Å²) in [6.07, 6.45) is 1.12. The van der Waals surface area contributed by atoms with Gasteiger partial charge in [0.15, 0.2) is 0 Å². The van der Waals surface area contributed by atoms with Gasteiger partial charge in [-0.3, -0.25) is 9.59 Å². The molecule has 14 heavy (non-hydrogen) atoms. The highest BCUT2D eigenvalue weighted by Gasteiger charge is 2.29. The molecule has 1 saturated heterocycles. The molecule has 1 aliphatic rings. The average molecular weight is 201 g/mol. The lowest BCUT2D eigenvalue weighted by atomic mass is 10.2. The van der Waals surface area contributed by atoms with E-state index in [9.17, 15) is 9.59 Å². The Kier molecular flexibility index (Phi) is 3.46. The van der Waals surface area contributed by atoms with Crippen molar-refractivity contribution in [3.8, 4) is 0 Å². The monoisotopic (exact) mass is 201 g/mol. The number of carboxylic acids is 1. The molecule has 0 aromatic heterocycles. The van der Waals surface area contributed by atoms with Crippen LogP contribution in [-0.2, 0) is 14.3 Å². The quantitative estimate of drug-likeness (QED) is 0.681. The van der Waals surface area contributed by atoms with Crippen molar-refractivity contribution in [3.05, 3.63) is 0 Å². The molecule has 0 aromatic rings. The number of nitrogens with one attached hydrogen (secondary N) is 1.